The number of hydrogen-bond acceptors (Lipinski definition) is 4. The van der Waals surface area contributed by atoms with E-state index in [0.29, 0.717) is 11.6 Å². The molecular weight excluding hydrogens is 254 g/mol. The Morgan fingerprint density at radius 1 is 1.53 bits per heavy atom. The maximum Gasteiger partial charge on any atom is 0.194 e. The number of pyridine rings is 1. The molecule has 0 amide bonds. The van der Waals surface area contributed by atoms with Gasteiger partial charge in [-0.05, 0) is 0 Å². The molecule has 2 aromatic heterocycles. The van der Waals surface area contributed by atoms with E-state index in [0.717, 1.165) is 10.6 Å². The summed E-state index contributed by atoms with van der Waals surface area (Å²) in [4.78, 5) is 4.96. The van der Waals surface area contributed by atoms with Gasteiger partial charge in [0, 0.05) is 23.8 Å². The van der Waals surface area contributed by atoms with Crippen molar-refractivity contribution >= 4 is 22.1 Å². The maximum atomic E-state index is 11.2. The summed E-state index contributed by atoms with van der Waals surface area (Å²) >= 11 is 1.34. The lowest BCUT2D eigenvalue weighted by atomic mass is 10.4. The van der Waals surface area contributed by atoms with Crippen molar-refractivity contribution in [3.63, 3.8) is 0 Å². The van der Waals surface area contributed by atoms with E-state index in [2.05, 4.69) is 4.98 Å². The Morgan fingerprint density at radius 3 is 2.76 bits per heavy atom. The third kappa shape index (κ3) is 2.96. The Morgan fingerprint density at radius 2 is 2.24 bits per heavy atom. The van der Waals surface area contributed by atoms with E-state index < -0.39 is 10.8 Å². The number of nitrogens with zero attached hydrogens (tertiary/aromatic N) is 3. The van der Waals surface area contributed by atoms with Crippen molar-refractivity contribution in [3.8, 4) is 6.07 Å². The lowest BCUT2D eigenvalue weighted by Crippen LogP contribution is -2.33. The minimum atomic E-state index is -0.951. The van der Waals surface area contributed by atoms with Gasteiger partial charge in [-0.1, -0.05) is 0 Å². The zero-order valence-corrected chi connectivity index (χ0v) is 10.8. The van der Waals surface area contributed by atoms with Crippen LogP contribution in [0.2, 0.25) is 0 Å². The van der Waals surface area contributed by atoms with E-state index in [1.165, 1.54) is 11.3 Å². The molecule has 86 valence electrons. The number of hydrogen-bond donors (Lipinski definition) is 0. The first-order valence-electron chi connectivity index (χ1n) is 4.86. The van der Waals surface area contributed by atoms with Crippen LogP contribution >= 0.6 is 11.3 Å². The summed E-state index contributed by atoms with van der Waals surface area (Å²) < 4.78 is 13.1. The molecule has 17 heavy (non-hydrogen) atoms. The summed E-state index contributed by atoms with van der Waals surface area (Å²) in [5, 5.41) is 11.0. The number of rotatable bonds is 3. The van der Waals surface area contributed by atoms with Gasteiger partial charge in [0.1, 0.15) is 11.8 Å². The second-order valence-electron chi connectivity index (χ2n) is 3.42. The average Bonchev–Trinajstić information content (AvgIpc) is 2.77. The quantitative estimate of drug-likeness (QED) is 0.780. The van der Waals surface area contributed by atoms with E-state index in [1.54, 1.807) is 6.26 Å². The zero-order chi connectivity index (χ0) is 12.3. The molecule has 0 N–H and O–H groups in total. The Kier molecular flexibility index (Phi) is 3.61. The molecule has 0 bridgehead atoms. The molecule has 0 aromatic carbocycles. The third-order valence-electron chi connectivity index (χ3n) is 2.18. The van der Waals surface area contributed by atoms with E-state index in [4.69, 9.17) is 5.26 Å². The predicted octanol–water partition coefficient (Wildman–Crippen LogP) is 1.09. The first kappa shape index (κ1) is 11.9. The van der Waals surface area contributed by atoms with Gasteiger partial charge in [0.25, 0.3) is 0 Å². The second kappa shape index (κ2) is 5.17. The maximum absolute atomic E-state index is 11.2. The van der Waals surface area contributed by atoms with E-state index >= 15 is 0 Å². The van der Waals surface area contributed by atoms with Gasteiger partial charge in [0.05, 0.1) is 15.7 Å². The standard InChI is InChI=1S/C11H10N3OS2/c1-17(15)10-2-4-14(5-3-10)7-9-8-16-11(6-12)13-9/h2-5,8H,7H2,1H3/q+1. The number of thiazole rings is 1. The van der Waals surface area contributed by atoms with Crippen molar-refractivity contribution in [3.05, 3.63) is 40.6 Å². The van der Waals surface area contributed by atoms with Crippen molar-refractivity contribution in [2.45, 2.75) is 11.4 Å². The molecule has 0 saturated carbocycles. The van der Waals surface area contributed by atoms with Crippen molar-refractivity contribution in [2.24, 2.45) is 0 Å². The average molecular weight is 264 g/mol. The molecule has 4 nitrogen and oxygen atoms in total. The Balaban J connectivity index is 2.14. The number of aromatic nitrogens is 2. The van der Waals surface area contributed by atoms with Gasteiger partial charge < -0.3 is 0 Å². The highest BCUT2D eigenvalue weighted by Gasteiger charge is 2.08. The summed E-state index contributed by atoms with van der Waals surface area (Å²) in [5.74, 6) is 0. The normalized spacial score (nSPS) is 12.0. The molecule has 0 radical (unpaired) electrons. The molecule has 2 rings (SSSR count). The van der Waals surface area contributed by atoms with Crippen LogP contribution in [-0.2, 0) is 17.3 Å². The van der Waals surface area contributed by atoms with Gasteiger partial charge in [0.15, 0.2) is 23.9 Å². The highest BCUT2D eigenvalue weighted by molar-refractivity contribution is 7.84. The minimum Gasteiger partial charge on any atom is -0.255 e. The van der Waals surface area contributed by atoms with Gasteiger partial charge in [-0.2, -0.15) is 9.83 Å². The fourth-order valence-electron chi connectivity index (χ4n) is 1.36. The minimum absolute atomic E-state index is 0.479. The predicted molar refractivity (Wildman–Crippen MR) is 64.9 cm³/mol. The first-order chi connectivity index (χ1) is 8.19. The Bertz CT molecular complexity index is 584. The van der Waals surface area contributed by atoms with E-state index in [9.17, 15) is 4.21 Å². The van der Waals surface area contributed by atoms with Crippen LogP contribution in [0.1, 0.15) is 10.7 Å². The van der Waals surface area contributed by atoms with Crippen LogP contribution < -0.4 is 4.57 Å². The van der Waals surface area contributed by atoms with E-state index in [1.807, 2.05) is 40.5 Å². The van der Waals surface area contributed by atoms with Gasteiger partial charge >= 0.3 is 0 Å². The Hall–Kier alpha value is -1.58. The molecule has 0 aliphatic carbocycles. The van der Waals surface area contributed by atoms with Crippen molar-refractivity contribution < 1.29 is 8.78 Å². The van der Waals surface area contributed by atoms with Crippen LogP contribution in [0.5, 0.6) is 0 Å². The summed E-state index contributed by atoms with van der Waals surface area (Å²) in [6.45, 7) is 0.620. The molecular formula is C11H10N3OS2+. The van der Waals surface area contributed by atoms with Crippen molar-refractivity contribution in [2.75, 3.05) is 6.26 Å². The van der Waals surface area contributed by atoms with Gasteiger partial charge in [-0.25, -0.2) is 4.98 Å². The van der Waals surface area contributed by atoms with Crippen LogP contribution in [0, 0.1) is 11.3 Å². The van der Waals surface area contributed by atoms with Crippen LogP contribution in [0.4, 0.5) is 0 Å². The fourth-order valence-corrected chi connectivity index (χ4v) is 2.46. The van der Waals surface area contributed by atoms with Crippen LogP contribution in [0.25, 0.3) is 0 Å². The van der Waals surface area contributed by atoms with Crippen molar-refractivity contribution in [1.82, 2.24) is 4.98 Å². The van der Waals surface area contributed by atoms with Crippen LogP contribution in [-0.4, -0.2) is 15.4 Å². The van der Waals surface area contributed by atoms with Crippen molar-refractivity contribution in [1.29, 1.82) is 5.26 Å². The second-order valence-corrected chi connectivity index (χ2v) is 5.65. The molecule has 0 saturated heterocycles. The third-order valence-corrected chi connectivity index (χ3v) is 3.92. The lowest BCUT2D eigenvalue weighted by Gasteiger charge is -1.95. The molecule has 2 heterocycles. The van der Waals surface area contributed by atoms with Gasteiger partial charge in [0.2, 0.25) is 0 Å². The molecule has 0 fully saturated rings. The molecule has 1 unspecified atom stereocenters. The summed E-state index contributed by atoms with van der Waals surface area (Å²) in [7, 11) is -0.951. The summed E-state index contributed by atoms with van der Waals surface area (Å²) in [5.41, 5.74) is 0.863. The topological polar surface area (TPSA) is 57.6 Å². The van der Waals surface area contributed by atoms with Gasteiger partial charge in [-0.15, -0.1) is 11.3 Å². The molecule has 6 heteroatoms. The first-order valence-corrected chi connectivity index (χ1v) is 7.30. The molecule has 2 aromatic rings. The fraction of sp³-hybridized carbons (Fsp3) is 0.182. The summed E-state index contributed by atoms with van der Waals surface area (Å²) in [6.07, 6.45) is 5.38. The van der Waals surface area contributed by atoms with Crippen LogP contribution in [0.3, 0.4) is 0 Å². The van der Waals surface area contributed by atoms with Gasteiger partial charge in [-0.3, -0.25) is 4.21 Å². The Labute approximate surface area is 106 Å². The highest BCUT2D eigenvalue weighted by atomic mass is 32.2. The number of nitriles is 1. The van der Waals surface area contributed by atoms with E-state index in [-0.39, 0.29) is 0 Å². The smallest absolute Gasteiger partial charge is 0.194 e. The zero-order valence-electron chi connectivity index (χ0n) is 9.16. The summed E-state index contributed by atoms with van der Waals surface area (Å²) in [6, 6.07) is 5.67. The highest BCUT2D eigenvalue weighted by Crippen LogP contribution is 2.08. The molecule has 0 aliphatic rings. The largest absolute Gasteiger partial charge is 0.255 e. The molecule has 1 atom stereocenters. The lowest BCUT2D eigenvalue weighted by molar-refractivity contribution is -0.689. The van der Waals surface area contributed by atoms with Crippen LogP contribution in [0.15, 0.2) is 34.8 Å². The monoisotopic (exact) mass is 264 g/mol. The molecule has 0 aliphatic heterocycles. The SMILES string of the molecule is CS(=O)c1cc[n+](Cc2csc(C#N)n2)cc1. The molecule has 0 spiro atoms.